The summed E-state index contributed by atoms with van der Waals surface area (Å²) in [6, 6.07) is 0. The summed E-state index contributed by atoms with van der Waals surface area (Å²) >= 11 is 0. The molecule has 2 rings (SSSR count). The van der Waals surface area contributed by atoms with Gasteiger partial charge in [0.15, 0.2) is 18.7 Å². The monoisotopic (exact) mass is 174 g/mol. The highest BCUT2D eigenvalue weighted by molar-refractivity contribution is 4.90. The van der Waals surface area contributed by atoms with Crippen molar-refractivity contribution in [1.82, 2.24) is 0 Å². The highest BCUT2D eigenvalue weighted by Gasteiger charge is 2.59. The topological polar surface area (TPSA) is 51.2 Å². The zero-order valence-electron chi connectivity index (χ0n) is 6.94. The van der Waals surface area contributed by atoms with Gasteiger partial charge in [0.1, 0.15) is 0 Å². The van der Waals surface area contributed by atoms with Crippen molar-refractivity contribution in [3.05, 3.63) is 0 Å². The van der Waals surface area contributed by atoms with Gasteiger partial charge in [-0.05, 0) is 19.3 Å². The zero-order chi connectivity index (χ0) is 8.39. The second kappa shape index (κ2) is 3.70. The molecule has 2 saturated heterocycles. The van der Waals surface area contributed by atoms with Crippen LogP contribution in [0.4, 0.5) is 0 Å². The van der Waals surface area contributed by atoms with Crippen molar-refractivity contribution in [3.8, 4) is 0 Å². The second-order valence-electron chi connectivity index (χ2n) is 3.13. The Morgan fingerprint density at radius 3 is 2.67 bits per heavy atom. The first-order valence-corrected chi connectivity index (χ1v) is 4.45. The molecule has 4 heteroatoms. The number of aliphatic hydroxyl groups excluding tert-OH is 1. The summed E-state index contributed by atoms with van der Waals surface area (Å²) in [5.74, 6) is 0. The molecule has 70 valence electrons. The normalized spacial score (nSPS) is 37.2. The van der Waals surface area contributed by atoms with Gasteiger partial charge in [-0.25, -0.2) is 0 Å². The third kappa shape index (κ3) is 1.77. The van der Waals surface area contributed by atoms with Crippen LogP contribution < -0.4 is 0 Å². The lowest BCUT2D eigenvalue weighted by Gasteiger charge is -2.20. The number of epoxide rings is 1. The Morgan fingerprint density at radius 1 is 1.17 bits per heavy atom. The second-order valence-corrected chi connectivity index (χ2v) is 3.13. The van der Waals surface area contributed by atoms with Crippen molar-refractivity contribution in [2.45, 2.75) is 37.9 Å². The summed E-state index contributed by atoms with van der Waals surface area (Å²) in [6.45, 7) is 0.977. The fourth-order valence-corrected chi connectivity index (χ4v) is 1.26. The van der Waals surface area contributed by atoms with Crippen molar-refractivity contribution >= 4 is 0 Å². The molecule has 1 N–H and O–H groups in total. The number of hydrogen-bond acceptors (Lipinski definition) is 4. The molecule has 2 aliphatic heterocycles. The summed E-state index contributed by atoms with van der Waals surface area (Å²) in [4.78, 5) is 0. The first kappa shape index (κ1) is 8.44. The lowest BCUT2D eigenvalue weighted by atomic mass is 10.2. The van der Waals surface area contributed by atoms with Crippen LogP contribution in [0.1, 0.15) is 19.3 Å². The molecule has 2 heterocycles. The van der Waals surface area contributed by atoms with Gasteiger partial charge in [0, 0.05) is 13.2 Å². The average molecular weight is 174 g/mol. The van der Waals surface area contributed by atoms with Crippen LogP contribution in [0.2, 0.25) is 0 Å². The van der Waals surface area contributed by atoms with Crippen LogP contribution in [-0.2, 0) is 14.2 Å². The van der Waals surface area contributed by atoms with Crippen LogP contribution in [-0.4, -0.2) is 37.0 Å². The summed E-state index contributed by atoms with van der Waals surface area (Å²) < 4.78 is 15.5. The Hall–Kier alpha value is -0.160. The molecule has 0 aromatic carbocycles. The number of fused-ring (bicyclic) bond motifs is 1. The lowest BCUT2D eigenvalue weighted by Crippen LogP contribution is -2.36. The average Bonchev–Trinajstić information content (AvgIpc) is 2.69. The summed E-state index contributed by atoms with van der Waals surface area (Å²) in [5.41, 5.74) is 0. The standard InChI is InChI=1S/C8H14O4/c9-4-2-1-3-5-10-7-6-8(11-6)12-7/h6-9H,1-5H2. The maximum Gasteiger partial charge on any atom is 0.192 e. The van der Waals surface area contributed by atoms with Crippen LogP contribution >= 0.6 is 0 Å². The first-order chi connectivity index (χ1) is 5.92. The molecular weight excluding hydrogens is 160 g/mol. The Balaban J connectivity index is 1.41. The van der Waals surface area contributed by atoms with Crippen LogP contribution in [0.3, 0.4) is 0 Å². The van der Waals surface area contributed by atoms with E-state index < -0.39 is 0 Å². The highest BCUT2D eigenvalue weighted by atomic mass is 16.9. The molecule has 2 aliphatic rings. The van der Waals surface area contributed by atoms with Crippen molar-refractivity contribution in [1.29, 1.82) is 0 Å². The molecule has 12 heavy (non-hydrogen) atoms. The number of rotatable bonds is 6. The molecular formula is C8H14O4. The largest absolute Gasteiger partial charge is 0.396 e. The molecule has 0 aromatic rings. The fraction of sp³-hybridized carbons (Fsp3) is 1.00. The molecule has 0 saturated carbocycles. The van der Waals surface area contributed by atoms with Gasteiger partial charge in [-0.3, -0.25) is 0 Å². The quantitative estimate of drug-likeness (QED) is 0.463. The van der Waals surface area contributed by atoms with E-state index in [0.29, 0.717) is 6.61 Å². The molecule has 0 radical (unpaired) electrons. The molecule has 0 bridgehead atoms. The maximum absolute atomic E-state index is 8.50. The van der Waals surface area contributed by atoms with Gasteiger partial charge in [0.05, 0.1) is 0 Å². The van der Waals surface area contributed by atoms with E-state index in [1.54, 1.807) is 0 Å². The highest BCUT2D eigenvalue weighted by Crippen LogP contribution is 2.40. The van der Waals surface area contributed by atoms with Crippen LogP contribution in [0.5, 0.6) is 0 Å². The van der Waals surface area contributed by atoms with Gasteiger partial charge in [0.25, 0.3) is 0 Å². The van der Waals surface area contributed by atoms with Crippen LogP contribution in [0.15, 0.2) is 0 Å². The van der Waals surface area contributed by atoms with Gasteiger partial charge in [-0.15, -0.1) is 0 Å². The number of ether oxygens (including phenoxy) is 3. The number of hydrogen-bond donors (Lipinski definition) is 1. The minimum absolute atomic E-state index is 0.0486. The molecule has 4 nitrogen and oxygen atoms in total. The lowest BCUT2D eigenvalue weighted by molar-refractivity contribution is -0.202. The Bertz CT molecular complexity index is 150. The van der Waals surface area contributed by atoms with E-state index in [9.17, 15) is 0 Å². The van der Waals surface area contributed by atoms with Gasteiger partial charge < -0.3 is 19.3 Å². The minimum atomic E-state index is -0.107. The van der Waals surface area contributed by atoms with E-state index >= 15 is 0 Å². The smallest absolute Gasteiger partial charge is 0.192 e. The number of unbranched alkanes of at least 4 members (excludes halogenated alkanes) is 2. The SMILES string of the molecule is OCCCCCOC1OC2OC12. The van der Waals surface area contributed by atoms with E-state index in [-0.39, 0.29) is 25.3 Å². The van der Waals surface area contributed by atoms with Crippen molar-refractivity contribution in [2.24, 2.45) is 0 Å². The van der Waals surface area contributed by atoms with Gasteiger partial charge in [-0.1, -0.05) is 0 Å². The molecule has 0 aromatic heterocycles. The third-order valence-electron chi connectivity index (χ3n) is 2.10. The predicted molar refractivity (Wildman–Crippen MR) is 40.4 cm³/mol. The Morgan fingerprint density at radius 2 is 2.08 bits per heavy atom. The van der Waals surface area contributed by atoms with Crippen molar-refractivity contribution in [2.75, 3.05) is 13.2 Å². The van der Waals surface area contributed by atoms with E-state index in [1.165, 1.54) is 0 Å². The Labute approximate surface area is 71.4 Å². The predicted octanol–water partition coefficient (Wildman–Crippen LogP) is 0.247. The third-order valence-corrected chi connectivity index (χ3v) is 2.10. The van der Waals surface area contributed by atoms with E-state index in [0.717, 1.165) is 19.3 Å². The van der Waals surface area contributed by atoms with Crippen molar-refractivity contribution < 1.29 is 19.3 Å². The summed E-state index contributed by atoms with van der Waals surface area (Å²) in [5, 5.41) is 8.50. The van der Waals surface area contributed by atoms with E-state index in [1.807, 2.05) is 0 Å². The van der Waals surface area contributed by atoms with Gasteiger partial charge in [-0.2, -0.15) is 0 Å². The molecule has 3 unspecified atom stereocenters. The minimum Gasteiger partial charge on any atom is -0.396 e. The molecule has 0 spiro atoms. The number of aliphatic hydroxyl groups is 1. The van der Waals surface area contributed by atoms with Gasteiger partial charge >= 0.3 is 0 Å². The fourth-order valence-electron chi connectivity index (χ4n) is 1.26. The van der Waals surface area contributed by atoms with Crippen LogP contribution in [0, 0.1) is 0 Å². The Kier molecular flexibility index (Phi) is 2.60. The summed E-state index contributed by atoms with van der Waals surface area (Å²) in [7, 11) is 0. The van der Waals surface area contributed by atoms with E-state index in [4.69, 9.17) is 19.3 Å². The molecule has 0 aliphatic carbocycles. The van der Waals surface area contributed by atoms with E-state index in [2.05, 4.69) is 0 Å². The van der Waals surface area contributed by atoms with Crippen molar-refractivity contribution in [3.63, 3.8) is 0 Å². The molecule has 2 fully saturated rings. The molecule has 0 amide bonds. The van der Waals surface area contributed by atoms with Gasteiger partial charge in [0.2, 0.25) is 0 Å². The zero-order valence-corrected chi connectivity index (χ0v) is 6.94. The maximum atomic E-state index is 8.50. The van der Waals surface area contributed by atoms with Crippen LogP contribution in [0.25, 0.3) is 0 Å². The summed E-state index contributed by atoms with van der Waals surface area (Å²) in [6.07, 6.45) is 3.02. The first-order valence-electron chi connectivity index (χ1n) is 4.45. The molecule has 3 atom stereocenters.